The summed E-state index contributed by atoms with van der Waals surface area (Å²) in [6.07, 6.45) is 0.664. The van der Waals surface area contributed by atoms with Gasteiger partial charge in [-0.3, -0.25) is 4.79 Å². The first-order valence-corrected chi connectivity index (χ1v) is 7.56. The molecule has 0 radical (unpaired) electrons. The number of sulfonamides is 1. The highest BCUT2D eigenvalue weighted by molar-refractivity contribution is 7.89. The number of methoxy groups -OCH3 is 1. The zero-order chi connectivity index (χ0) is 14.5. The minimum atomic E-state index is -3.72. The summed E-state index contributed by atoms with van der Waals surface area (Å²) < 4.78 is 31.4. The van der Waals surface area contributed by atoms with Crippen molar-refractivity contribution in [1.29, 1.82) is 0 Å². The Hall–Kier alpha value is -1.40. The van der Waals surface area contributed by atoms with Crippen molar-refractivity contribution in [3.05, 3.63) is 30.3 Å². The van der Waals surface area contributed by atoms with Crippen molar-refractivity contribution in [2.45, 2.75) is 31.2 Å². The van der Waals surface area contributed by atoms with Crippen LogP contribution >= 0.6 is 0 Å². The molecule has 5 nitrogen and oxygen atoms in total. The van der Waals surface area contributed by atoms with Gasteiger partial charge in [0.15, 0.2) is 0 Å². The molecule has 0 fully saturated rings. The molecular formula is C13H19NO4S. The third kappa shape index (κ3) is 4.04. The Morgan fingerprint density at radius 1 is 1.32 bits per heavy atom. The first-order chi connectivity index (χ1) is 8.92. The largest absolute Gasteiger partial charge is 0.468 e. The zero-order valence-corrected chi connectivity index (χ0v) is 12.1. The van der Waals surface area contributed by atoms with E-state index in [-0.39, 0.29) is 10.8 Å². The molecule has 0 amide bonds. The van der Waals surface area contributed by atoms with E-state index >= 15 is 0 Å². The Balaban J connectivity index is 2.99. The van der Waals surface area contributed by atoms with Crippen LogP contribution < -0.4 is 4.72 Å². The Morgan fingerprint density at radius 2 is 1.89 bits per heavy atom. The van der Waals surface area contributed by atoms with E-state index in [9.17, 15) is 13.2 Å². The van der Waals surface area contributed by atoms with Gasteiger partial charge in [0, 0.05) is 0 Å². The second-order valence-corrected chi connectivity index (χ2v) is 6.03. The van der Waals surface area contributed by atoms with Crippen LogP contribution in [0.2, 0.25) is 0 Å². The van der Waals surface area contributed by atoms with E-state index in [2.05, 4.69) is 9.46 Å². The van der Waals surface area contributed by atoms with Gasteiger partial charge in [0.2, 0.25) is 10.0 Å². The summed E-state index contributed by atoms with van der Waals surface area (Å²) >= 11 is 0. The van der Waals surface area contributed by atoms with Crippen molar-refractivity contribution in [2.24, 2.45) is 5.92 Å². The molecular weight excluding hydrogens is 266 g/mol. The Labute approximate surface area is 114 Å². The van der Waals surface area contributed by atoms with Gasteiger partial charge in [-0.15, -0.1) is 0 Å². The van der Waals surface area contributed by atoms with Gasteiger partial charge in [0.05, 0.1) is 12.0 Å². The van der Waals surface area contributed by atoms with E-state index in [0.717, 1.165) is 0 Å². The topological polar surface area (TPSA) is 72.5 Å². The normalized spacial score (nSPS) is 14.7. The molecule has 0 aromatic heterocycles. The van der Waals surface area contributed by atoms with E-state index < -0.39 is 22.0 Å². The van der Waals surface area contributed by atoms with E-state index in [1.54, 1.807) is 25.1 Å². The monoisotopic (exact) mass is 285 g/mol. The van der Waals surface area contributed by atoms with Crippen LogP contribution in [0.3, 0.4) is 0 Å². The van der Waals surface area contributed by atoms with Crippen molar-refractivity contribution >= 4 is 16.0 Å². The van der Waals surface area contributed by atoms with E-state index in [0.29, 0.717) is 6.42 Å². The van der Waals surface area contributed by atoms with Gasteiger partial charge in [-0.25, -0.2) is 8.42 Å². The Morgan fingerprint density at radius 3 is 2.37 bits per heavy atom. The molecule has 19 heavy (non-hydrogen) atoms. The summed E-state index contributed by atoms with van der Waals surface area (Å²) in [6, 6.07) is 7.07. The SMILES string of the molecule is CC[C@H](C)[C@@H](NS(=O)(=O)c1ccccc1)C(=O)OC. The summed E-state index contributed by atoms with van der Waals surface area (Å²) in [5.41, 5.74) is 0. The van der Waals surface area contributed by atoms with Gasteiger partial charge in [0.1, 0.15) is 6.04 Å². The van der Waals surface area contributed by atoms with Crippen molar-refractivity contribution < 1.29 is 17.9 Å². The van der Waals surface area contributed by atoms with Crippen LogP contribution in [-0.2, 0) is 19.6 Å². The maximum atomic E-state index is 12.2. The molecule has 2 atom stereocenters. The minimum absolute atomic E-state index is 0.132. The summed E-state index contributed by atoms with van der Waals surface area (Å²) in [6.45, 7) is 3.69. The van der Waals surface area contributed by atoms with Gasteiger partial charge in [-0.2, -0.15) is 4.72 Å². The van der Waals surface area contributed by atoms with Crippen LogP contribution in [0, 0.1) is 5.92 Å². The lowest BCUT2D eigenvalue weighted by Gasteiger charge is -2.21. The van der Waals surface area contributed by atoms with Crippen molar-refractivity contribution in [3.63, 3.8) is 0 Å². The molecule has 1 N–H and O–H groups in total. The van der Waals surface area contributed by atoms with Crippen LogP contribution in [0.5, 0.6) is 0 Å². The average Bonchev–Trinajstić information content (AvgIpc) is 2.44. The number of esters is 1. The lowest BCUT2D eigenvalue weighted by molar-refractivity contribution is -0.143. The third-order valence-electron chi connectivity index (χ3n) is 3.00. The fraction of sp³-hybridized carbons (Fsp3) is 0.462. The Kier molecular flexibility index (Phi) is 5.50. The predicted molar refractivity (Wildman–Crippen MR) is 72.0 cm³/mol. The summed E-state index contributed by atoms with van der Waals surface area (Å²) in [4.78, 5) is 11.8. The highest BCUT2D eigenvalue weighted by atomic mass is 32.2. The van der Waals surface area contributed by atoms with Crippen LogP contribution in [0.4, 0.5) is 0 Å². The molecule has 0 aliphatic heterocycles. The van der Waals surface area contributed by atoms with Crippen LogP contribution in [-0.4, -0.2) is 27.5 Å². The standard InChI is InChI=1S/C13H19NO4S/c1-4-10(2)12(13(15)18-3)14-19(16,17)11-8-6-5-7-9-11/h5-10,12,14H,4H2,1-3H3/t10-,12+/m0/s1. The van der Waals surface area contributed by atoms with Crippen LogP contribution in [0.25, 0.3) is 0 Å². The number of nitrogens with one attached hydrogen (secondary N) is 1. The maximum absolute atomic E-state index is 12.2. The number of carbonyl (C=O) groups excluding carboxylic acids is 1. The third-order valence-corrected chi connectivity index (χ3v) is 4.46. The van der Waals surface area contributed by atoms with Gasteiger partial charge in [0.25, 0.3) is 0 Å². The lowest BCUT2D eigenvalue weighted by Crippen LogP contribution is -2.45. The van der Waals surface area contributed by atoms with Gasteiger partial charge in [-0.1, -0.05) is 38.5 Å². The number of rotatable bonds is 6. The highest BCUT2D eigenvalue weighted by Gasteiger charge is 2.30. The molecule has 0 bridgehead atoms. The minimum Gasteiger partial charge on any atom is -0.468 e. The lowest BCUT2D eigenvalue weighted by atomic mass is 10.0. The summed E-state index contributed by atoms with van der Waals surface area (Å²) in [5, 5.41) is 0. The Bertz CT molecular complexity index is 513. The predicted octanol–water partition coefficient (Wildman–Crippen LogP) is 1.55. The molecule has 106 valence electrons. The van der Waals surface area contributed by atoms with E-state index in [1.807, 2.05) is 6.92 Å². The van der Waals surface area contributed by atoms with Crippen molar-refractivity contribution in [3.8, 4) is 0 Å². The number of hydrogen-bond acceptors (Lipinski definition) is 4. The van der Waals surface area contributed by atoms with Crippen LogP contribution in [0.15, 0.2) is 35.2 Å². The molecule has 0 saturated carbocycles. The maximum Gasteiger partial charge on any atom is 0.324 e. The van der Waals surface area contributed by atoms with Crippen molar-refractivity contribution in [2.75, 3.05) is 7.11 Å². The fourth-order valence-electron chi connectivity index (χ4n) is 1.59. The molecule has 1 rings (SSSR count). The fourth-order valence-corrected chi connectivity index (χ4v) is 2.91. The number of benzene rings is 1. The molecule has 0 spiro atoms. The van der Waals surface area contributed by atoms with E-state index in [1.165, 1.54) is 19.2 Å². The molecule has 1 aromatic rings. The molecule has 0 saturated heterocycles. The summed E-state index contributed by atoms with van der Waals surface area (Å²) in [5.74, 6) is -0.722. The first kappa shape index (κ1) is 15.7. The zero-order valence-electron chi connectivity index (χ0n) is 11.3. The summed E-state index contributed by atoms with van der Waals surface area (Å²) in [7, 11) is -2.48. The molecule has 0 unspecified atom stereocenters. The number of hydrogen-bond donors (Lipinski definition) is 1. The van der Waals surface area contributed by atoms with Crippen molar-refractivity contribution in [1.82, 2.24) is 4.72 Å². The number of carbonyl (C=O) groups is 1. The van der Waals surface area contributed by atoms with Gasteiger partial charge < -0.3 is 4.74 Å². The molecule has 0 aliphatic rings. The molecule has 0 aliphatic carbocycles. The van der Waals surface area contributed by atoms with Crippen LogP contribution in [0.1, 0.15) is 20.3 Å². The average molecular weight is 285 g/mol. The highest BCUT2D eigenvalue weighted by Crippen LogP contribution is 2.14. The molecule has 6 heteroatoms. The smallest absolute Gasteiger partial charge is 0.324 e. The molecule has 1 aromatic carbocycles. The quantitative estimate of drug-likeness (QED) is 0.805. The van der Waals surface area contributed by atoms with Gasteiger partial charge >= 0.3 is 5.97 Å². The number of ether oxygens (including phenoxy) is 1. The second-order valence-electron chi connectivity index (χ2n) is 4.32. The first-order valence-electron chi connectivity index (χ1n) is 6.07. The second kappa shape index (κ2) is 6.68. The van der Waals surface area contributed by atoms with E-state index in [4.69, 9.17) is 0 Å². The molecule has 0 heterocycles. The van der Waals surface area contributed by atoms with Gasteiger partial charge in [-0.05, 0) is 18.1 Å².